The van der Waals surface area contributed by atoms with E-state index in [1.165, 1.54) is 6.92 Å². The molecule has 1 unspecified atom stereocenters. The maximum atomic E-state index is 12.3. The molecule has 1 rings (SSSR count). The van der Waals surface area contributed by atoms with E-state index in [9.17, 15) is 18.0 Å². The SMILES string of the molecule is CCN1C(=O)CC(O)(C(F)(F)F)N=C1N. The van der Waals surface area contributed by atoms with Gasteiger partial charge in [0.15, 0.2) is 0 Å². The Morgan fingerprint density at radius 2 is 2.20 bits per heavy atom. The number of hydrogen-bond acceptors (Lipinski definition) is 4. The smallest absolute Gasteiger partial charge is 0.369 e. The lowest BCUT2D eigenvalue weighted by molar-refractivity contribution is -0.260. The Morgan fingerprint density at radius 3 is 2.53 bits per heavy atom. The van der Waals surface area contributed by atoms with Crippen molar-refractivity contribution in [3.05, 3.63) is 0 Å². The molecule has 0 bridgehead atoms. The Labute approximate surface area is 83.4 Å². The van der Waals surface area contributed by atoms with E-state index in [0.717, 1.165) is 4.90 Å². The van der Waals surface area contributed by atoms with Crippen molar-refractivity contribution in [2.45, 2.75) is 25.2 Å². The van der Waals surface area contributed by atoms with Crippen LogP contribution in [0.5, 0.6) is 0 Å². The highest BCUT2D eigenvalue weighted by molar-refractivity contribution is 5.98. The molecule has 15 heavy (non-hydrogen) atoms. The summed E-state index contributed by atoms with van der Waals surface area (Å²) in [4.78, 5) is 15.0. The summed E-state index contributed by atoms with van der Waals surface area (Å²) in [5.41, 5.74) is 1.76. The first-order valence-electron chi connectivity index (χ1n) is 4.16. The van der Waals surface area contributed by atoms with Crippen LogP contribution in [0.15, 0.2) is 4.99 Å². The van der Waals surface area contributed by atoms with E-state index in [2.05, 4.69) is 4.99 Å². The average Bonchev–Trinajstić information content (AvgIpc) is 2.00. The van der Waals surface area contributed by atoms with Crippen molar-refractivity contribution in [3.8, 4) is 0 Å². The van der Waals surface area contributed by atoms with Gasteiger partial charge in [-0.05, 0) is 6.92 Å². The maximum Gasteiger partial charge on any atom is 0.438 e. The minimum atomic E-state index is -5.01. The summed E-state index contributed by atoms with van der Waals surface area (Å²) in [5.74, 6) is -1.52. The van der Waals surface area contributed by atoms with E-state index in [1.807, 2.05) is 0 Å². The number of amides is 1. The second-order valence-electron chi connectivity index (χ2n) is 3.10. The molecule has 1 aliphatic heterocycles. The van der Waals surface area contributed by atoms with Crippen molar-refractivity contribution in [1.82, 2.24) is 4.90 Å². The predicted octanol–water partition coefficient (Wildman–Crippen LogP) is -0.196. The molecule has 0 fully saturated rings. The summed E-state index contributed by atoms with van der Waals surface area (Å²) in [6.45, 7) is 1.65. The number of aliphatic hydroxyl groups is 1. The first-order chi connectivity index (χ1) is 6.71. The predicted molar refractivity (Wildman–Crippen MR) is 44.6 cm³/mol. The van der Waals surface area contributed by atoms with Crippen molar-refractivity contribution >= 4 is 11.9 Å². The summed E-state index contributed by atoms with van der Waals surface area (Å²) in [6, 6.07) is 0. The highest BCUT2D eigenvalue weighted by Crippen LogP contribution is 2.36. The van der Waals surface area contributed by atoms with Crippen LogP contribution in [-0.4, -0.2) is 40.3 Å². The third-order valence-corrected chi connectivity index (χ3v) is 2.05. The Kier molecular flexibility index (Phi) is 2.64. The molecule has 1 amide bonds. The Morgan fingerprint density at radius 1 is 1.67 bits per heavy atom. The molecular formula is C7H10F3N3O2. The van der Waals surface area contributed by atoms with Gasteiger partial charge in [0, 0.05) is 6.54 Å². The van der Waals surface area contributed by atoms with Crippen LogP contribution in [0.4, 0.5) is 13.2 Å². The van der Waals surface area contributed by atoms with Gasteiger partial charge in [0.25, 0.3) is 5.72 Å². The topological polar surface area (TPSA) is 78.9 Å². The Bertz CT molecular complexity index is 315. The molecule has 3 N–H and O–H groups in total. The molecule has 0 aromatic carbocycles. The molecule has 86 valence electrons. The number of rotatable bonds is 1. The van der Waals surface area contributed by atoms with Crippen molar-refractivity contribution in [2.24, 2.45) is 10.7 Å². The van der Waals surface area contributed by atoms with Crippen LogP contribution in [0.3, 0.4) is 0 Å². The van der Waals surface area contributed by atoms with E-state index < -0.39 is 30.2 Å². The summed E-state index contributed by atoms with van der Waals surface area (Å²) in [7, 11) is 0. The van der Waals surface area contributed by atoms with E-state index in [0.29, 0.717) is 0 Å². The molecular weight excluding hydrogens is 215 g/mol. The van der Waals surface area contributed by atoms with Crippen molar-refractivity contribution in [1.29, 1.82) is 0 Å². The fraction of sp³-hybridized carbons (Fsp3) is 0.714. The third-order valence-electron chi connectivity index (χ3n) is 2.05. The number of aliphatic imine (C=N–C) groups is 1. The van der Waals surface area contributed by atoms with Crippen molar-refractivity contribution in [3.63, 3.8) is 0 Å². The zero-order chi connectivity index (χ0) is 11.9. The molecule has 0 spiro atoms. The molecule has 1 aliphatic rings. The van der Waals surface area contributed by atoms with Crippen molar-refractivity contribution < 1.29 is 23.1 Å². The van der Waals surface area contributed by atoms with Gasteiger partial charge in [0.1, 0.15) is 0 Å². The number of carbonyl (C=O) groups is 1. The first-order valence-corrected chi connectivity index (χ1v) is 4.16. The molecule has 0 aliphatic carbocycles. The van der Waals surface area contributed by atoms with E-state index in [-0.39, 0.29) is 6.54 Å². The highest BCUT2D eigenvalue weighted by Gasteiger charge is 2.58. The molecule has 0 saturated heterocycles. The number of nitrogens with two attached hydrogens (primary N) is 1. The second-order valence-corrected chi connectivity index (χ2v) is 3.10. The molecule has 5 nitrogen and oxygen atoms in total. The van der Waals surface area contributed by atoms with E-state index in [4.69, 9.17) is 10.8 Å². The highest BCUT2D eigenvalue weighted by atomic mass is 19.4. The molecule has 0 aromatic heterocycles. The van der Waals surface area contributed by atoms with Gasteiger partial charge < -0.3 is 10.8 Å². The van der Waals surface area contributed by atoms with Gasteiger partial charge in [-0.15, -0.1) is 0 Å². The van der Waals surface area contributed by atoms with Crippen LogP contribution in [0.25, 0.3) is 0 Å². The van der Waals surface area contributed by atoms with Gasteiger partial charge in [-0.3, -0.25) is 9.69 Å². The molecule has 1 atom stereocenters. The fourth-order valence-corrected chi connectivity index (χ4v) is 1.23. The maximum absolute atomic E-state index is 12.3. The minimum absolute atomic E-state index is 0.113. The lowest BCUT2D eigenvalue weighted by Gasteiger charge is -2.34. The zero-order valence-corrected chi connectivity index (χ0v) is 7.88. The van der Waals surface area contributed by atoms with Crippen LogP contribution in [0, 0.1) is 0 Å². The van der Waals surface area contributed by atoms with Gasteiger partial charge >= 0.3 is 6.18 Å². The number of guanidine groups is 1. The Balaban J connectivity index is 3.10. The Hall–Kier alpha value is -1.31. The van der Waals surface area contributed by atoms with Gasteiger partial charge in [-0.2, -0.15) is 13.2 Å². The average molecular weight is 225 g/mol. The summed E-state index contributed by atoms with van der Waals surface area (Å²) >= 11 is 0. The first kappa shape index (κ1) is 11.8. The number of nitrogens with zero attached hydrogens (tertiary/aromatic N) is 2. The normalized spacial score (nSPS) is 27.9. The number of halogens is 3. The molecule has 0 radical (unpaired) electrons. The van der Waals surface area contributed by atoms with Gasteiger partial charge in [-0.25, -0.2) is 4.99 Å². The molecule has 0 aromatic rings. The number of carbonyl (C=O) groups excluding carboxylic acids is 1. The minimum Gasteiger partial charge on any atom is -0.369 e. The number of alkyl halides is 3. The zero-order valence-electron chi connectivity index (χ0n) is 7.88. The third kappa shape index (κ3) is 1.89. The second kappa shape index (κ2) is 3.37. The van der Waals surface area contributed by atoms with E-state index >= 15 is 0 Å². The van der Waals surface area contributed by atoms with Gasteiger partial charge in [0.2, 0.25) is 11.9 Å². The van der Waals surface area contributed by atoms with Gasteiger partial charge in [0.05, 0.1) is 6.42 Å². The fourth-order valence-electron chi connectivity index (χ4n) is 1.23. The van der Waals surface area contributed by atoms with Crippen LogP contribution in [-0.2, 0) is 4.79 Å². The van der Waals surface area contributed by atoms with Crippen LogP contribution < -0.4 is 5.73 Å². The molecule has 8 heteroatoms. The van der Waals surface area contributed by atoms with Crippen LogP contribution in [0.2, 0.25) is 0 Å². The summed E-state index contributed by atoms with van der Waals surface area (Å²) in [5, 5.41) is 9.12. The lowest BCUT2D eigenvalue weighted by Crippen LogP contribution is -2.56. The van der Waals surface area contributed by atoms with Gasteiger partial charge in [-0.1, -0.05) is 0 Å². The number of hydrogen-bond donors (Lipinski definition) is 2. The summed E-state index contributed by atoms with van der Waals surface area (Å²) in [6.07, 6.45) is -6.14. The quantitative estimate of drug-likeness (QED) is 0.648. The standard InChI is InChI=1S/C7H10F3N3O2/c1-2-13-4(14)3-6(15,7(8,9)10)12-5(13)11/h15H,2-3H2,1H3,(H2,11,12). The molecule has 0 saturated carbocycles. The van der Waals surface area contributed by atoms with Crippen molar-refractivity contribution in [2.75, 3.05) is 6.54 Å². The molecule has 1 heterocycles. The monoisotopic (exact) mass is 225 g/mol. The van der Waals surface area contributed by atoms with Crippen LogP contribution >= 0.6 is 0 Å². The summed E-state index contributed by atoms with van der Waals surface area (Å²) < 4.78 is 37.0. The van der Waals surface area contributed by atoms with E-state index in [1.54, 1.807) is 0 Å². The largest absolute Gasteiger partial charge is 0.438 e. The lowest BCUT2D eigenvalue weighted by atomic mass is 10.1. The van der Waals surface area contributed by atoms with Crippen LogP contribution in [0.1, 0.15) is 13.3 Å².